The van der Waals surface area contributed by atoms with Crippen molar-refractivity contribution in [3.63, 3.8) is 0 Å². The van der Waals surface area contributed by atoms with Crippen molar-refractivity contribution in [1.82, 2.24) is 5.32 Å². The quantitative estimate of drug-likeness (QED) is 0.451. The Hall–Kier alpha value is -3.05. The highest BCUT2D eigenvalue weighted by Gasteiger charge is 2.51. The van der Waals surface area contributed by atoms with Crippen molar-refractivity contribution in [3.8, 4) is 0 Å². The highest BCUT2D eigenvalue weighted by Crippen LogP contribution is 2.28. The maximum absolute atomic E-state index is 14.0. The lowest BCUT2D eigenvalue weighted by molar-refractivity contribution is -0.280. The fraction of sp³-hybridized carbons (Fsp3) is 0.524. The molecule has 1 aliphatic heterocycles. The Labute approximate surface area is 184 Å². The molecule has 176 valence electrons. The molecule has 1 heterocycles. The van der Waals surface area contributed by atoms with Crippen LogP contribution < -0.4 is 5.32 Å². The molecule has 11 heteroatoms. The molecule has 0 aromatic heterocycles. The Morgan fingerprint density at radius 3 is 2.16 bits per heavy atom. The maximum Gasteiger partial charge on any atom is 0.303 e. The van der Waals surface area contributed by atoms with Gasteiger partial charge in [0.1, 0.15) is 24.6 Å². The second-order valence-electron chi connectivity index (χ2n) is 7.12. The Morgan fingerprint density at radius 1 is 0.969 bits per heavy atom. The van der Waals surface area contributed by atoms with Gasteiger partial charge in [0.05, 0.1) is 6.61 Å². The summed E-state index contributed by atoms with van der Waals surface area (Å²) in [7, 11) is 0. The van der Waals surface area contributed by atoms with Crippen LogP contribution >= 0.6 is 0 Å². The number of ether oxygens (including phenoxy) is 5. The summed E-state index contributed by atoms with van der Waals surface area (Å²) >= 11 is 0. The molecule has 1 aromatic rings. The van der Waals surface area contributed by atoms with Crippen LogP contribution in [0.4, 0.5) is 4.39 Å². The van der Waals surface area contributed by atoms with Crippen molar-refractivity contribution < 1.29 is 47.3 Å². The molecule has 1 fully saturated rings. The van der Waals surface area contributed by atoms with Gasteiger partial charge < -0.3 is 29.0 Å². The van der Waals surface area contributed by atoms with Crippen LogP contribution in [0, 0.1) is 5.82 Å². The van der Waals surface area contributed by atoms with E-state index in [0.29, 0.717) is 0 Å². The molecular weight excluding hydrogens is 429 g/mol. The minimum atomic E-state index is -1.25. The molecule has 0 unspecified atom stereocenters. The van der Waals surface area contributed by atoms with Crippen LogP contribution in [-0.2, 0) is 49.5 Å². The molecule has 0 saturated carbocycles. The van der Waals surface area contributed by atoms with Crippen molar-refractivity contribution in [3.05, 3.63) is 35.6 Å². The molecule has 32 heavy (non-hydrogen) atoms. The molecule has 1 amide bonds. The molecular formula is C21H26FNO9. The first-order valence-electron chi connectivity index (χ1n) is 9.83. The average molecular weight is 455 g/mol. The number of carbonyl (C=O) groups is 4. The number of benzene rings is 1. The molecule has 1 N–H and O–H groups in total. The first-order chi connectivity index (χ1) is 15.1. The Morgan fingerprint density at radius 2 is 1.59 bits per heavy atom. The third-order valence-corrected chi connectivity index (χ3v) is 4.43. The van der Waals surface area contributed by atoms with Gasteiger partial charge in [0, 0.05) is 33.3 Å². The second kappa shape index (κ2) is 11.5. The lowest BCUT2D eigenvalue weighted by Gasteiger charge is -2.44. The Balaban J connectivity index is 2.37. The summed E-state index contributed by atoms with van der Waals surface area (Å²) in [4.78, 5) is 46.6. The van der Waals surface area contributed by atoms with Gasteiger partial charge in [-0.25, -0.2) is 4.39 Å². The molecule has 10 nitrogen and oxygen atoms in total. The van der Waals surface area contributed by atoms with E-state index >= 15 is 0 Å². The van der Waals surface area contributed by atoms with Gasteiger partial charge in [-0.1, -0.05) is 18.2 Å². The predicted octanol–water partition coefficient (Wildman–Crippen LogP) is 0.998. The Kier molecular flexibility index (Phi) is 9.09. The van der Waals surface area contributed by atoms with Gasteiger partial charge in [-0.15, -0.1) is 0 Å². The zero-order valence-electron chi connectivity index (χ0n) is 18.2. The van der Waals surface area contributed by atoms with Crippen LogP contribution in [-0.4, -0.2) is 61.1 Å². The molecule has 1 saturated heterocycles. The normalized spacial score (nSPS) is 24.8. The number of hydrogen-bond donors (Lipinski definition) is 1. The number of nitrogens with one attached hydrogen (secondary N) is 1. The fourth-order valence-electron chi connectivity index (χ4n) is 3.22. The van der Waals surface area contributed by atoms with E-state index in [9.17, 15) is 23.6 Å². The van der Waals surface area contributed by atoms with E-state index in [-0.39, 0.29) is 18.8 Å². The smallest absolute Gasteiger partial charge is 0.303 e. The second-order valence-corrected chi connectivity index (χ2v) is 7.12. The molecule has 0 radical (unpaired) electrons. The lowest BCUT2D eigenvalue weighted by Crippen LogP contribution is -2.66. The largest absolute Gasteiger partial charge is 0.463 e. The van der Waals surface area contributed by atoms with Crippen LogP contribution in [0.2, 0.25) is 0 Å². The molecule has 1 aromatic carbocycles. The highest BCUT2D eigenvalue weighted by molar-refractivity contribution is 5.73. The zero-order valence-corrected chi connectivity index (χ0v) is 18.2. The van der Waals surface area contributed by atoms with Gasteiger partial charge in [0.2, 0.25) is 5.91 Å². The lowest BCUT2D eigenvalue weighted by atomic mass is 9.96. The molecule has 1 aliphatic rings. The summed E-state index contributed by atoms with van der Waals surface area (Å²) in [5, 5.41) is 2.57. The van der Waals surface area contributed by atoms with Gasteiger partial charge in [-0.3, -0.25) is 19.2 Å². The molecule has 0 spiro atoms. The first-order valence-corrected chi connectivity index (χ1v) is 9.83. The van der Waals surface area contributed by atoms with Gasteiger partial charge in [0.15, 0.2) is 18.5 Å². The van der Waals surface area contributed by atoms with E-state index in [1.165, 1.54) is 32.0 Å². The van der Waals surface area contributed by atoms with Gasteiger partial charge >= 0.3 is 17.9 Å². The summed E-state index contributed by atoms with van der Waals surface area (Å²) in [5.74, 6) is -3.06. The number of rotatable bonds is 8. The summed E-state index contributed by atoms with van der Waals surface area (Å²) in [6.45, 7) is 4.10. The highest BCUT2D eigenvalue weighted by atomic mass is 19.1. The molecule has 2 rings (SSSR count). The van der Waals surface area contributed by atoms with Gasteiger partial charge in [-0.2, -0.15) is 0 Å². The van der Waals surface area contributed by atoms with E-state index in [1.54, 1.807) is 6.07 Å². The zero-order chi connectivity index (χ0) is 23.8. The topological polar surface area (TPSA) is 126 Å². The van der Waals surface area contributed by atoms with Crippen molar-refractivity contribution in [1.29, 1.82) is 0 Å². The summed E-state index contributed by atoms with van der Waals surface area (Å²) in [5.41, 5.74) is 0.223. The first kappa shape index (κ1) is 25.2. The van der Waals surface area contributed by atoms with Crippen LogP contribution in [0.25, 0.3) is 0 Å². The minimum Gasteiger partial charge on any atom is -0.463 e. The number of esters is 3. The van der Waals surface area contributed by atoms with Crippen molar-refractivity contribution in [2.45, 2.75) is 64.9 Å². The number of amides is 1. The molecule has 5 atom stereocenters. The van der Waals surface area contributed by atoms with E-state index < -0.39 is 60.3 Å². The van der Waals surface area contributed by atoms with E-state index in [1.807, 2.05) is 0 Å². The maximum atomic E-state index is 14.0. The number of hydrogen-bond acceptors (Lipinski definition) is 9. The minimum absolute atomic E-state index is 0.223. The van der Waals surface area contributed by atoms with E-state index in [2.05, 4.69) is 5.32 Å². The third-order valence-electron chi connectivity index (χ3n) is 4.43. The predicted molar refractivity (Wildman–Crippen MR) is 105 cm³/mol. The molecule has 0 bridgehead atoms. The fourth-order valence-corrected chi connectivity index (χ4v) is 3.22. The average Bonchev–Trinajstić information content (AvgIpc) is 2.68. The summed E-state index contributed by atoms with van der Waals surface area (Å²) < 4.78 is 41.2. The van der Waals surface area contributed by atoms with Crippen LogP contribution in [0.1, 0.15) is 33.3 Å². The third kappa shape index (κ3) is 7.27. The van der Waals surface area contributed by atoms with E-state index in [0.717, 1.165) is 13.8 Å². The SMILES string of the molecule is CC(=O)N[C@H]1[C@H](OCc2ccccc2F)O[C@H](COC(C)=O)[C@@H](OC(C)=O)[C@@H]1OC(C)=O. The number of carbonyl (C=O) groups excluding carboxylic acids is 4. The monoisotopic (exact) mass is 455 g/mol. The van der Waals surface area contributed by atoms with Gasteiger partial charge in [0.25, 0.3) is 0 Å². The number of halogens is 1. The standard InChI is InChI=1S/C21H26FNO9/c1-11(24)23-18-20(31-14(4)27)19(30-13(3)26)17(10-28-12(2)25)32-21(18)29-9-15-7-5-6-8-16(15)22/h5-8,17-21H,9-10H2,1-4H3,(H,23,24)/t17-,18-,19-,20-,21-/m1/s1. The van der Waals surface area contributed by atoms with Crippen LogP contribution in [0.5, 0.6) is 0 Å². The van der Waals surface area contributed by atoms with Crippen molar-refractivity contribution in [2.75, 3.05) is 6.61 Å². The van der Waals surface area contributed by atoms with E-state index in [4.69, 9.17) is 23.7 Å². The summed E-state index contributed by atoms with van der Waals surface area (Å²) in [6, 6.07) is 4.80. The van der Waals surface area contributed by atoms with Crippen LogP contribution in [0.3, 0.4) is 0 Å². The van der Waals surface area contributed by atoms with Gasteiger partial charge in [-0.05, 0) is 6.07 Å². The van der Waals surface area contributed by atoms with Crippen molar-refractivity contribution in [2.24, 2.45) is 0 Å². The molecule has 0 aliphatic carbocycles. The Bertz CT molecular complexity index is 846. The summed E-state index contributed by atoms with van der Waals surface area (Å²) in [6.07, 6.45) is -4.81. The van der Waals surface area contributed by atoms with Crippen LogP contribution in [0.15, 0.2) is 24.3 Å². The van der Waals surface area contributed by atoms with Crippen molar-refractivity contribution >= 4 is 23.8 Å².